The van der Waals surface area contributed by atoms with Crippen molar-refractivity contribution in [3.63, 3.8) is 0 Å². The Kier molecular flexibility index (Phi) is 8.68. The summed E-state index contributed by atoms with van der Waals surface area (Å²) < 4.78 is 0. The fourth-order valence-corrected chi connectivity index (χ4v) is 13.1. The molecule has 0 amide bonds. The lowest BCUT2D eigenvalue weighted by Crippen LogP contribution is -2.05. The number of hydrogen-bond acceptors (Lipinski definition) is 0. The van der Waals surface area contributed by atoms with E-state index in [-0.39, 0.29) is 0 Å². The first-order valence-electron chi connectivity index (χ1n) is 20.3. The van der Waals surface area contributed by atoms with Crippen LogP contribution in [0.4, 0.5) is 0 Å². The highest BCUT2D eigenvalue weighted by atomic mass is 32.3. The molecule has 0 aliphatic rings. The van der Waals surface area contributed by atoms with Crippen molar-refractivity contribution in [2.24, 2.45) is 0 Å². The molecule has 0 bridgehead atoms. The normalized spacial score (nSPS) is 12.0. The minimum Gasteiger partial charge on any atom is -0.133 e. The van der Waals surface area contributed by atoms with E-state index in [2.05, 4.69) is 243 Å². The number of benzene rings is 11. The molecule has 0 fully saturated rings. The Bertz CT molecular complexity index is 3220. The van der Waals surface area contributed by atoms with E-state index in [0.29, 0.717) is 0 Å². The smallest absolute Gasteiger partial charge is 0.00295 e. The van der Waals surface area contributed by atoms with E-state index in [0.717, 1.165) is 0 Å². The molecule has 59 heavy (non-hydrogen) atoms. The van der Waals surface area contributed by atoms with Crippen LogP contribution in [0.1, 0.15) is 0 Å². The minimum absolute atomic E-state index is 1.21. The fourth-order valence-electron chi connectivity index (χ4n) is 9.23. The topological polar surface area (TPSA) is 0 Å². The molecular formula is C58H40S. The first-order valence-corrected chi connectivity index (χ1v) is 21.9. The molecule has 11 rings (SSSR count). The molecule has 278 valence electrons. The van der Waals surface area contributed by atoms with Gasteiger partial charge in [-0.1, -0.05) is 176 Å². The monoisotopic (exact) mass is 768 g/mol. The van der Waals surface area contributed by atoms with Gasteiger partial charge in [0.15, 0.2) is 0 Å². The van der Waals surface area contributed by atoms with Crippen LogP contribution in [0.5, 0.6) is 0 Å². The molecule has 0 unspecified atom stereocenters. The third kappa shape index (κ3) is 5.94. The Balaban J connectivity index is 1.25. The van der Waals surface area contributed by atoms with Gasteiger partial charge in [0.2, 0.25) is 0 Å². The van der Waals surface area contributed by atoms with Crippen molar-refractivity contribution in [1.82, 2.24) is 0 Å². The summed E-state index contributed by atoms with van der Waals surface area (Å²) in [5.74, 6) is 0. The Labute approximate surface area is 347 Å². The van der Waals surface area contributed by atoms with Crippen LogP contribution < -0.4 is 0 Å². The fraction of sp³-hybridized carbons (Fsp3) is 0. The second kappa shape index (κ2) is 14.6. The third-order valence-electron chi connectivity index (χ3n) is 11.9. The van der Waals surface area contributed by atoms with Gasteiger partial charge in [-0.3, -0.25) is 0 Å². The molecule has 0 N–H and O–H groups in total. The highest BCUT2D eigenvalue weighted by Crippen LogP contribution is 2.73. The summed E-state index contributed by atoms with van der Waals surface area (Å²) in [4.78, 5) is 5.25. The summed E-state index contributed by atoms with van der Waals surface area (Å²) in [5, 5.41) is 9.98. The van der Waals surface area contributed by atoms with Crippen LogP contribution in [-0.4, -0.2) is 0 Å². The maximum Gasteiger partial charge on any atom is 0.00295 e. The lowest BCUT2D eigenvalue weighted by atomic mass is 9.85. The van der Waals surface area contributed by atoms with E-state index >= 15 is 0 Å². The Morgan fingerprint density at radius 2 is 0.610 bits per heavy atom. The molecule has 0 aromatic heterocycles. The summed E-state index contributed by atoms with van der Waals surface area (Å²) in [6, 6.07) is 90.2. The van der Waals surface area contributed by atoms with Crippen LogP contribution >= 0.6 is 10.0 Å². The van der Waals surface area contributed by atoms with Gasteiger partial charge in [-0.2, -0.15) is 0 Å². The maximum absolute atomic E-state index is 2.55. The molecular weight excluding hydrogens is 729 g/mol. The molecule has 0 saturated heterocycles. The van der Waals surface area contributed by atoms with Crippen LogP contribution in [0.15, 0.2) is 262 Å². The third-order valence-corrected chi connectivity index (χ3v) is 15.8. The van der Waals surface area contributed by atoms with Crippen LogP contribution in [0, 0.1) is 0 Å². The average molecular weight is 769 g/mol. The van der Waals surface area contributed by atoms with E-state index < -0.39 is 10.0 Å². The molecule has 11 aromatic rings. The standard InChI is InChI=1S/C58H40S/c1-4-23-49(24-5-1)59(50-25-6-2-7-26-50,51-27-8-3-9-28-51)52-35-36-55-56(40-52)58(48-34-32-42-18-11-13-20-44(42)38-48)54-30-15-14-29-53(54)57(55)47-22-16-21-45(39-47)46-33-31-41-17-10-12-19-43(41)37-46/h1-40H. The Morgan fingerprint density at radius 1 is 0.203 bits per heavy atom. The van der Waals surface area contributed by atoms with E-state index in [4.69, 9.17) is 0 Å². The van der Waals surface area contributed by atoms with Gasteiger partial charge < -0.3 is 0 Å². The quantitative estimate of drug-likeness (QED) is 0.142. The van der Waals surface area contributed by atoms with Gasteiger partial charge in [-0.05, 0) is 143 Å². The summed E-state index contributed by atoms with van der Waals surface area (Å²) in [5.41, 5.74) is 7.38. The summed E-state index contributed by atoms with van der Waals surface area (Å²) >= 11 is 0. The van der Waals surface area contributed by atoms with Crippen LogP contribution in [0.25, 0.3) is 76.5 Å². The molecule has 0 aliphatic carbocycles. The van der Waals surface area contributed by atoms with Crippen LogP contribution in [0.2, 0.25) is 0 Å². The van der Waals surface area contributed by atoms with E-state index in [9.17, 15) is 0 Å². The molecule has 0 heterocycles. The molecule has 0 spiro atoms. The summed E-state index contributed by atoms with van der Waals surface area (Å²) in [7, 11) is -1.93. The second-order valence-corrected chi connectivity index (χ2v) is 18.4. The molecule has 0 radical (unpaired) electrons. The van der Waals surface area contributed by atoms with Crippen molar-refractivity contribution < 1.29 is 0 Å². The van der Waals surface area contributed by atoms with Gasteiger partial charge in [0, 0.05) is 19.6 Å². The van der Waals surface area contributed by atoms with E-state index in [1.165, 1.54) is 96.1 Å². The zero-order chi connectivity index (χ0) is 39.2. The van der Waals surface area contributed by atoms with Crippen LogP contribution in [0.3, 0.4) is 0 Å². The summed E-state index contributed by atoms with van der Waals surface area (Å²) in [6.45, 7) is 0. The number of rotatable bonds is 7. The highest BCUT2D eigenvalue weighted by Gasteiger charge is 2.34. The molecule has 0 atom stereocenters. The predicted octanol–water partition coefficient (Wildman–Crippen LogP) is 16.6. The Hall–Kier alpha value is -7.19. The van der Waals surface area contributed by atoms with Crippen LogP contribution in [-0.2, 0) is 0 Å². The first-order chi connectivity index (χ1) is 29.3. The highest BCUT2D eigenvalue weighted by molar-refractivity contribution is 8.34. The van der Waals surface area contributed by atoms with Crippen molar-refractivity contribution in [2.45, 2.75) is 19.6 Å². The summed E-state index contributed by atoms with van der Waals surface area (Å²) in [6.07, 6.45) is 0. The molecule has 0 saturated carbocycles. The zero-order valence-electron chi connectivity index (χ0n) is 32.5. The predicted molar refractivity (Wildman–Crippen MR) is 253 cm³/mol. The van der Waals surface area contributed by atoms with Gasteiger partial charge in [-0.15, -0.1) is 10.0 Å². The lowest BCUT2D eigenvalue weighted by Gasteiger charge is -2.42. The van der Waals surface area contributed by atoms with Crippen molar-refractivity contribution in [3.8, 4) is 33.4 Å². The van der Waals surface area contributed by atoms with E-state index in [1.807, 2.05) is 0 Å². The molecule has 0 nitrogen and oxygen atoms in total. The maximum atomic E-state index is 2.55. The van der Waals surface area contributed by atoms with Gasteiger partial charge in [0.05, 0.1) is 0 Å². The van der Waals surface area contributed by atoms with Crippen molar-refractivity contribution in [1.29, 1.82) is 0 Å². The molecule has 0 aliphatic heterocycles. The second-order valence-electron chi connectivity index (χ2n) is 15.3. The van der Waals surface area contributed by atoms with E-state index in [1.54, 1.807) is 0 Å². The largest absolute Gasteiger partial charge is 0.133 e. The zero-order valence-corrected chi connectivity index (χ0v) is 33.3. The van der Waals surface area contributed by atoms with Crippen molar-refractivity contribution in [2.75, 3.05) is 0 Å². The Morgan fingerprint density at radius 3 is 1.19 bits per heavy atom. The van der Waals surface area contributed by atoms with Crippen molar-refractivity contribution in [3.05, 3.63) is 243 Å². The van der Waals surface area contributed by atoms with Gasteiger partial charge in [0.1, 0.15) is 0 Å². The number of hydrogen-bond donors (Lipinski definition) is 0. The average Bonchev–Trinajstić information content (AvgIpc) is 3.32. The first kappa shape index (κ1) is 35.0. The SMILES string of the molecule is c1ccc(S(c2ccccc2)(c2ccccc2)c2ccc3c(-c4cccc(-c5ccc6ccccc6c5)c4)c4ccccc4c(-c4ccc5ccccc5c4)c3c2)cc1. The van der Waals surface area contributed by atoms with Gasteiger partial charge in [0.25, 0.3) is 0 Å². The van der Waals surface area contributed by atoms with Crippen molar-refractivity contribution >= 4 is 53.1 Å². The van der Waals surface area contributed by atoms with Gasteiger partial charge in [-0.25, -0.2) is 0 Å². The molecule has 11 aromatic carbocycles. The lowest BCUT2D eigenvalue weighted by molar-refractivity contribution is 1.25. The molecule has 1 heteroatoms. The number of fused-ring (bicyclic) bond motifs is 4. The van der Waals surface area contributed by atoms with Gasteiger partial charge >= 0.3 is 0 Å². The minimum atomic E-state index is -1.93.